The van der Waals surface area contributed by atoms with Crippen LogP contribution in [0.2, 0.25) is 0 Å². The number of rotatable bonds is 4. The number of hydroxylamine groups is 2. The van der Waals surface area contributed by atoms with Crippen molar-refractivity contribution in [2.45, 2.75) is 13.0 Å². The highest BCUT2D eigenvalue weighted by Gasteiger charge is 2.09. The smallest absolute Gasteiger partial charge is 0.247 e. The van der Waals surface area contributed by atoms with Crippen molar-refractivity contribution >= 4 is 16.8 Å². The van der Waals surface area contributed by atoms with Gasteiger partial charge in [-0.1, -0.05) is 12.1 Å². The Hall–Kier alpha value is -2.21. The molecule has 0 aliphatic heterocycles. The third kappa shape index (κ3) is 2.79. The summed E-state index contributed by atoms with van der Waals surface area (Å²) >= 11 is 0. The molecule has 0 bridgehead atoms. The number of nitrogens with zero attached hydrogens (tertiary/aromatic N) is 3. The number of carbonyl (C=O) groups excluding carboxylic acids is 1. The first-order valence-electron chi connectivity index (χ1n) is 5.89. The first kappa shape index (κ1) is 13.2. The van der Waals surface area contributed by atoms with Crippen LogP contribution in [0.15, 0.2) is 35.3 Å². The maximum Gasteiger partial charge on any atom is 0.247 e. The number of hydrogen-bond donors (Lipinski definition) is 0. The summed E-state index contributed by atoms with van der Waals surface area (Å²) in [6, 6.07) is 7.20. The quantitative estimate of drug-likeness (QED) is 0.764. The molecular weight excluding hydrogens is 246 g/mol. The number of benzene rings is 1. The monoisotopic (exact) mass is 261 g/mol. The highest BCUT2D eigenvalue weighted by molar-refractivity contribution is 5.78. The van der Waals surface area contributed by atoms with Gasteiger partial charge in [0.05, 0.1) is 25.4 Å². The van der Waals surface area contributed by atoms with Gasteiger partial charge in [-0.05, 0) is 12.1 Å². The van der Waals surface area contributed by atoms with E-state index in [9.17, 15) is 9.59 Å². The summed E-state index contributed by atoms with van der Waals surface area (Å²) in [6.45, 7) is 0.396. The van der Waals surface area contributed by atoms with Gasteiger partial charge >= 0.3 is 0 Å². The van der Waals surface area contributed by atoms with E-state index < -0.39 is 0 Å². The molecule has 1 aromatic heterocycles. The zero-order chi connectivity index (χ0) is 13.8. The predicted octanol–water partition coefficient (Wildman–Crippen LogP) is 0.806. The van der Waals surface area contributed by atoms with Crippen molar-refractivity contribution in [1.29, 1.82) is 0 Å². The van der Waals surface area contributed by atoms with E-state index >= 15 is 0 Å². The minimum Gasteiger partial charge on any atom is -0.287 e. The highest BCUT2D eigenvalue weighted by atomic mass is 16.7. The molecule has 100 valence electrons. The Labute approximate surface area is 110 Å². The van der Waals surface area contributed by atoms with Gasteiger partial charge in [-0.2, -0.15) is 5.10 Å². The SMILES string of the molecule is CON(C)C(=O)CCn1ncc(=O)c2ccccc21. The zero-order valence-electron chi connectivity index (χ0n) is 10.9. The molecule has 0 aliphatic carbocycles. The molecule has 0 radical (unpaired) electrons. The van der Waals surface area contributed by atoms with Crippen LogP contribution >= 0.6 is 0 Å². The average Bonchev–Trinajstić information content (AvgIpc) is 2.45. The fourth-order valence-electron chi connectivity index (χ4n) is 1.80. The van der Waals surface area contributed by atoms with Gasteiger partial charge in [0.15, 0.2) is 0 Å². The number of amides is 1. The Morgan fingerprint density at radius 3 is 2.89 bits per heavy atom. The first-order valence-corrected chi connectivity index (χ1v) is 5.89. The van der Waals surface area contributed by atoms with Crippen LogP contribution in [-0.2, 0) is 16.2 Å². The molecule has 0 aliphatic rings. The molecule has 0 spiro atoms. The molecule has 0 saturated heterocycles. The second-order valence-electron chi connectivity index (χ2n) is 4.07. The Morgan fingerprint density at radius 2 is 2.16 bits per heavy atom. The summed E-state index contributed by atoms with van der Waals surface area (Å²) < 4.78 is 1.65. The molecule has 2 aromatic rings. The number of fused-ring (bicyclic) bond motifs is 1. The molecule has 0 N–H and O–H groups in total. The molecule has 0 saturated carbocycles. The standard InChI is InChI=1S/C13H15N3O3/c1-15(19-2)13(18)7-8-16-11-6-4-3-5-10(11)12(17)9-14-16/h3-6,9H,7-8H2,1-2H3. The fourth-order valence-corrected chi connectivity index (χ4v) is 1.80. The van der Waals surface area contributed by atoms with Crippen molar-refractivity contribution in [1.82, 2.24) is 14.8 Å². The molecule has 0 fully saturated rings. The lowest BCUT2D eigenvalue weighted by atomic mass is 10.2. The molecular formula is C13H15N3O3. The maximum absolute atomic E-state index is 11.7. The lowest BCUT2D eigenvalue weighted by Crippen LogP contribution is -2.26. The van der Waals surface area contributed by atoms with Gasteiger partial charge in [-0.25, -0.2) is 5.06 Å². The third-order valence-corrected chi connectivity index (χ3v) is 2.92. The lowest BCUT2D eigenvalue weighted by Gasteiger charge is -2.14. The van der Waals surface area contributed by atoms with Crippen LogP contribution in [0, 0.1) is 0 Å². The topological polar surface area (TPSA) is 64.4 Å². The van der Waals surface area contributed by atoms with E-state index in [2.05, 4.69) is 5.10 Å². The third-order valence-electron chi connectivity index (χ3n) is 2.92. The van der Waals surface area contributed by atoms with Crippen molar-refractivity contribution < 1.29 is 9.63 Å². The molecule has 2 rings (SSSR count). The van der Waals surface area contributed by atoms with Crippen LogP contribution in [0.25, 0.3) is 10.9 Å². The number of hydrogen-bond acceptors (Lipinski definition) is 4. The predicted molar refractivity (Wildman–Crippen MR) is 70.4 cm³/mol. The van der Waals surface area contributed by atoms with Crippen LogP contribution in [0.4, 0.5) is 0 Å². The van der Waals surface area contributed by atoms with Gasteiger partial charge in [-0.3, -0.25) is 19.1 Å². The number of carbonyl (C=O) groups is 1. The molecule has 1 amide bonds. The molecule has 1 aromatic carbocycles. The van der Waals surface area contributed by atoms with Crippen LogP contribution < -0.4 is 5.43 Å². The van der Waals surface area contributed by atoms with Gasteiger partial charge < -0.3 is 0 Å². The zero-order valence-corrected chi connectivity index (χ0v) is 10.9. The van der Waals surface area contributed by atoms with E-state index in [1.54, 1.807) is 23.9 Å². The van der Waals surface area contributed by atoms with E-state index in [-0.39, 0.29) is 17.8 Å². The largest absolute Gasteiger partial charge is 0.287 e. The highest BCUT2D eigenvalue weighted by Crippen LogP contribution is 2.08. The Bertz CT molecular complexity index is 651. The van der Waals surface area contributed by atoms with E-state index in [4.69, 9.17) is 4.84 Å². The molecule has 1 heterocycles. The molecule has 0 atom stereocenters. The fraction of sp³-hybridized carbons (Fsp3) is 0.308. The van der Waals surface area contributed by atoms with Crippen molar-refractivity contribution in [2.24, 2.45) is 0 Å². The second-order valence-corrected chi connectivity index (χ2v) is 4.07. The van der Waals surface area contributed by atoms with Gasteiger partial charge in [0, 0.05) is 18.9 Å². The number of para-hydroxylation sites is 1. The Kier molecular flexibility index (Phi) is 3.91. The van der Waals surface area contributed by atoms with E-state index in [0.29, 0.717) is 11.9 Å². The second kappa shape index (κ2) is 5.62. The van der Waals surface area contributed by atoms with Gasteiger partial charge in [0.2, 0.25) is 11.3 Å². The summed E-state index contributed by atoms with van der Waals surface area (Å²) in [4.78, 5) is 28.1. The minimum absolute atomic E-state index is 0.118. The van der Waals surface area contributed by atoms with E-state index in [0.717, 1.165) is 5.52 Å². The van der Waals surface area contributed by atoms with Crippen molar-refractivity contribution in [3.05, 3.63) is 40.7 Å². The maximum atomic E-state index is 11.7. The van der Waals surface area contributed by atoms with Crippen LogP contribution in [0.1, 0.15) is 6.42 Å². The average molecular weight is 261 g/mol. The van der Waals surface area contributed by atoms with E-state index in [1.165, 1.54) is 18.4 Å². The van der Waals surface area contributed by atoms with Crippen molar-refractivity contribution in [2.75, 3.05) is 14.2 Å². The number of aromatic nitrogens is 2. The minimum atomic E-state index is -0.146. The summed E-state index contributed by atoms with van der Waals surface area (Å²) in [5, 5.41) is 5.83. The number of aryl methyl sites for hydroxylation is 1. The summed E-state index contributed by atoms with van der Waals surface area (Å²) in [5.41, 5.74) is 0.607. The summed E-state index contributed by atoms with van der Waals surface area (Å²) in [5.74, 6) is -0.146. The summed E-state index contributed by atoms with van der Waals surface area (Å²) in [6.07, 6.45) is 1.52. The van der Waals surface area contributed by atoms with Gasteiger partial charge in [0.25, 0.3) is 0 Å². The summed E-state index contributed by atoms with van der Waals surface area (Å²) in [7, 11) is 2.99. The first-order chi connectivity index (χ1) is 9.13. The van der Waals surface area contributed by atoms with Gasteiger partial charge in [-0.15, -0.1) is 0 Å². The van der Waals surface area contributed by atoms with E-state index in [1.807, 2.05) is 12.1 Å². The lowest BCUT2D eigenvalue weighted by molar-refractivity contribution is -0.168. The van der Waals surface area contributed by atoms with Crippen LogP contribution in [-0.4, -0.2) is 34.9 Å². The van der Waals surface area contributed by atoms with Gasteiger partial charge in [0.1, 0.15) is 0 Å². The molecule has 0 unspecified atom stereocenters. The Morgan fingerprint density at radius 1 is 1.42 bits per heavy atom. The molecule has 6 heteroatoms. The molecule has 19 heavy (non-hydrogen) atoms. The van der Waals surface area contributed by atoms with Crippen molar-refractivity contribution in [3.8, 4) is 0 Å². The molecule has 6 nitrogen and oxygen atoms in total. The Balaban J connectivity index is 2.25. The normalized spacial score (nSPS) is 10.6. The van der Waals surface area contributed by atoms with Crippen molar-refractivity contribution in [3.63, 3.8) is 0 Å². The van der Waals surface area contributed by atoms with Crippen LogP contribution in [0.5, 0.6) is 0 Å². The van der Waals surface area contributed by atoms with Crippen LogP contribution in [0.3, 0.4) is 0 Å².